The third-order valence-electron chi connectivity index (χ3n) is 0. The topological polar surface area (TPSA) is 147 Å². The molecular weight excluding hydrogens is 124 g/mol. The van der Waals surface area contributed by atoms with Crippen molar-refractivity contribution < 1.29 is 15.8 Å². The molecule has 50 valence electrons. The quantitative estimate of drug-likeness (QED) is 0.253. The molecule has 0 fully saturated rings. The zero-order chi connectivity index (χ0) is 6.28. The van der Waals surface area contributed by atoms with Crippen LogP contribution in [0.1, 0.15) is 0 Å². The lowest BCUT2D eigenvalue weighted by atomic mass is 13.1. The van der Waals surface area contributed by atoms with Gasteiger partial charge in [-0.15, -0.1) is 4.91 Å². The predicted octanol–water partition coefficient (Wildman–Crippen LogP) is -0.922. The second kappa shape index (κ2) is 17.6. The maximum Gasteiger partial charge on any atom is 0.152 e. The predicted molar refractivity (Wildman–Crippen MR) is 21.6 cm³/mol. The lowest BCUT2D eigenvalue weighted by molar-refractivity contribution is -0.402. The number of hydrogen-bond acceptors (Lipinski definition) is 5. The number of nitrogens with zero attached hydrogens (tertiary/aromatic N) is 2. The van der Waals surface area contributed by atoms with E-state index in [0.29, 0.717) is 0 Å². The lowest BCUT2D eigenvalue weighted by Gasteiger charge is -1.74. The zero-order valence-electron chi connectivity index (χ0n) is 3.47. The first kappa shape index (κ1) is 16.0. The van der Waals surface area contributed by atoms with E-state index >= 15 is 0 Å². The van der Waals surface area contributed by atoms with Crippen LogP contribution in [0.25, 0.3) is 0 Å². The molecular formula is H3N2O6-. The van der Waals surface area contributed by atoms with E-state index in [-0.39, 0.29) is 5.48 Å². The first-order valence-corrected chi connectivity index (χ1v) is 0.930. The van der Waals surface area contributed by atoms with Crippen molar-refractivity contribution in [1.29, 1.82) is 0 Å². The lowest BCUT2D eigenvalue weighted by Crippen LogP contribution is -1.74. The van der Waals surface area contributed by atoms with Crippen molar-refractivity contribution in [2.75, 3.05) is 0 Å². The number of rotatable bonds is 0. The Morgan fingerprint density at radius 1 is 1.50 bits per heavy atom. The van der Waals surface area contributed by atoms with Crippen molar-refractivity contribution in [3.63, 3.8) is 0 Å². The van der Waals surface area contributed by atoms with Crippen molar-refractivity contribution in [3.05, 3.63) is 20.2 Å². The van der Waals surface area contributed by atoms with Gasteiger partial charge < -0.3 is 26.0 Å². The minimum atomic E-state index is -1.75. The Kier molecular flexibility index (Phi) is 35.3. The molecule has 8 heavy (non-hydrogen) atoms. The Hall–Kier alpha value is -1.44. The fourth-order valence-electron chi connectivity index (χ4n) is 0. The standard InChI is InChI=1S/NO3.HNO2.H2O/c2-1(3)4;2-1-3;/h;(H,2,3);1H2/q-1;;. The Balaban J connectivity index is -0.0000000575. The summed E-state index contributed by atoms with van der Waals surface area (Å²) in [5, 5.41) is 22.6. The molecule has 0 spiro atoms. The summed E-state index contributed by atoms with van der Waals surface area (Å²) in [6.07, 6.45) is 0. The first-order chi connectivity index (χ1) is 3.15. The van der Waals surface area contributed by atoms with Crippen molar-refractivity contribution in [2.45, 2.75) is 0 Å². The van der Waals surface area contributed by atoms with E-state index in [1.165, 1.54) is 5.34 Å². The summed E-state index contributed by atoms with van der Waals surface area (Å²) in [4.78, 5) is 16.4. The van der Waals surface area contributed by atoms with Gasteiger partial charge in [0.15, 0.2) is 5.34 Å². The molecule has 0 aliphatic heterocycles. The van der Waals surface area contributed by atoms with E-state index in [9.17, 15) is 0 Å². The highest BCUT2D eigenvalue weighted by atomic mass is 16.9. The molecule has 0 aliphatic rings. The minimum Gasteiger partial charge on any atom is -0.412 e. The van der Waals surface area contributed by atoms with E-state index in [1.807, 2.05) is 0 Å². The molecule has 0 atom stereocenters. The van der Waals surface area contributed by atoms with Crippen LogP contribution in [0.5, 0.6) is 0 Å². The van der Waals surface area contributed by atoms with Crippen molar-refractivity contribution >= 4 is 0 Å². The average Bonchev–Trinajstić information content (AvgIpc) is 1.33. The van der Waals surface area contributed by atoms with Crippen molar-refractivity contribution in [2.24, 2.45) is 5.34 Å². The van der Waals surface area contributed by atoms with Gasteiger partial charge in [0.2, 0.25) is 0 Å². The van der Waals surface area contributed by atoms with Gasteiger partial charge in [0.1, 0.15) is 0 Å². The highest BCUT2D eigenvalue weighted by Gasteiger charge is 1.45. The van der Waals surface area contributed by atoms with Crippen LogP contribution in [-0.2, 0) is 0 Å². The third kappa shape index (κ3) is 27.9. The Morgan fingerprint density at radius 2 is 1.50 bits per heavy atom. The summed E-state index contributed by atoms with van der Waals surface area (Å²) < 4.78 is 0. The zero-order valence-corrected chi connectivity index (χ0v) is 3.47. The fourth-order valence-corrected chi connectivity index (χ4v) is 0. The van der Waals surface area contributed by atoms with E-state index in [0.717, 1.165) is 0 Å². The summed E-state index contributed by atoms with van der Waals surface area (Å²) in [7, 11) is 0. The molecule has 0 aromatic heterocycles. The van der Waals surface area contributed by atoms with Gasteiger partial charge in [-0.3, -0.25) is 0 Å². The van der Waals surface area contributed by atoms with E-state index in [4.69, 9.17) is 25.4 Å². The number of hydrogen-bond donors (Lipinski definition) is 1. The highest BCUT2D eigenvalue weighted by Crippen LogP contribution is 1.44. The molecule has 3 N–H and O–H groups in total. The molecule has 0 heterocycles. The third-order valence-corrected chi connectivity index (χ3v) is 0. The first-order valence-electron chi connectivity index (χ1n) is 0.930. The highest BCUT2D eigenvalue weighted by molar-refractivity contribution is 4.03. The van der Waals surface area contributed by atoms with Gasteiger partial charge in [0.05, 0.1) is 5.09 Å². The van der Waals surface area contributed by atoms with Gasteiger partial charge in [-0.05, 0) is 0 Å². The smallest absolute Gasteiger partial charge is 0.152 e. The van der Waals surface area contributed by atoms with Gasteiger partial charge in [0.25, 0.3) is 0 Å². The molecule has 0 rings (SSSR count). The summed E-state index contributed by atoms with van der Waals surface area (Å²) >= 11 is 0. The van der Waals surface area contributed by atoms with Gasteiger partial charge in [0, 0.05) is 0 Å². The minimum absolute atomic E-state index is 0. The second-order valence-corrected chi connectivity index (χ2v) is 0.305. The molecule has 0 aromatic rings. The van der Waals surface area contributed by atoms with Crippen LogP contribution in [-0.4, -0.2) is 15.8 Å². The van der Waals surface area contributed by atoms with Crippen LogP contribution in [0.3, 0.4) is 0 Å². The SMILES string of the molecule is O.O=NO.O=[N+]([O-])[O-]. The summed E-state index contributed by atoms with van der Waals surface area (Å²) in [5.41, 5.74) is 0. The van der Waals surface area contributed by atoms with Crippen LogP contribution in [0.2, 0.25) is 0 Å². The Labute approximate surface area is 42.7 Å². The van der Waals surface area contributed by atoms with Gasteiger partial charge in [-0.2, -0.15) is 0 Å². The van der Waals surface area contributed by atoms with Crippen LogP contribution in [0.15, 0.2) is 5.34 Å². The summed E-state index contributed by atoms with van der Waals surface area (Å²) in [6.45, 7) is 0. The molecule has 0 aromatic carbocycles. The monoisotopic (exact) mass is 127 g/mol. The largest absolute Gasteiger partial charge is 0.412 e. The maximum atomic E-state index is 8.25. The van der Waals surface area contributed by atoms with Gasteiger partial charge >= 0.3 is 0 Å². The van der Waals surface area contributed by atoms with Crippen LogP contribution in [0.4, 0.5) is 0 Å². The molecule has 8 heteroatoms. The molecule has 0 unspecified atom stereocenters. The second-order valence-electron chi connectivity index (χ2n) is 0.305. The van der Waals surface area contributed by atoms with E-state index in [1.54, 1.807) is 0 Å². The Bertz CT molecular complexity index is 53.5. The van der Waals surface area contributed by atoms with Crippen LogP contribution in [0, 0.1) is 20.2 Å². The maximum absolute atomic E-state index is 8.25. The fraction of sp³-hybridized carbons (Fsp3) is 0. The normalized spacial score (nSPS) is 4.50. The molecule has 0 aliphatic carbocycles. The average molecular weight is 127 g/mol. The molecule has 0 radical (unpaired) electrons. The molecule has 0 amide bonds. The van der Waals surface area contributed by atoms with Crippen molar-refractivity contribution in [3.8, 4) is 0 Å². The van der Waals surface area contributed by atoms with Crippen LogP contribution >= 0.6 is 0 Å². The van der Waals surface area contributed by atoms with Gasteiger partial charge in [-0.25, -0.2) is 0 Å². The summed E-state index contributed by atoms with van der Waals surface area (Å²) in [6, 6.07) is 0. The Morgan fingerprint density at radius 3 is 1.50 bits per heavy atom. The molecule has 8 nitrogen and oxygen atoms in total. The van der Waals surface area contributed by atoms with E-state index < -0.39 is 5.09 Å². The van der Waals surface area contributed by atoms with E-state index in [2.05, 4.69) is 0 Å². The van der Waals surface area contributed by atoms with Crippen molar-refractivity contribution in [1.82, 2.24) is 0 Å². The molecule has 0 saturated heterocycles. The van der Waals surface area contributed by atoms with Crippen LogP contribution < -0.4 is 0 Å². The van der Waals surface area contributed by atoms with Gasteiger partial charge in [-0.1, -0.05) is 0 Å². The summed E-state index contributed by atoms with van der Waals surface area (Å²) in [5.74, 6) is 0. The molecule has 0 saturated carbocycles. The molecule has 0 bridgehead atoms.